The van der Waals surface area contributed by atoms with Gasteiger partial charge >= 0.3 is 0 Å². The molecule has 5 rings (SSSR count). The van der Waals surface area contributed by atoms with E-state index < -0.39 is 0 Å². The van der Waals surface area contributed by atoms with Crippen molar-refractivity contribution in [1.82, 2.24) is 15.0 Å². The summed E-state index contributed by atoms with van der Waals surface area (Å²) in [7, 11) is 0. The van der Waals surface area contributed by atoms with Gasteiger partial charge in [-0.15, -0.1) is 0 Å². The number of hydrazone groups is 1. The van der Waals surface area contributed by atoms with Crippen LogP contribution in [-0.4, -0.2) is 60.6 Å². The molecule has 3 aromatic rings. The van der Waals surface area contributed by atoms with Crippen LogP contribution < -0.4 is 20.0 Å². The predicted molar refractivity (Wildman–Crippen MR) is 150 cm³/mol. The minimum atomic E-state index is 0.352. The number of hydrogen-bond donors (Lipinski definition) is 1. The molecule has 0 amide bonds. The SMILES string of the molecule is Clc1ccccc1COc1ccc(Br)cc1C=NNc1nc(N2CCCCC2)nc(N2CCOCC2)n1. The molecule has 0 radical (unpaired) electrons. The molecule has 2 aliphatic heterocycles. The third-order valence-electron chi connectivity index (χ3n) is 6.23. The summed E-state index contributed by atoms with van der Waals surface area (Å²) < 4.78 is 12.5. The van der Waals surface area contributed by atoms with E-state index in [0.29, 0.717) is 48.4 Å². The standard InChI is InChI=1S/C26H29BrClN7O2/c27-21-8-9-23(37-18-19-6-2-3-7-22(19)28)20(16-21)17-29-33-24-30-25(34-10-4-1-5-11-34)32-26(31-24)35-12-14-36-15-13-35/h2-3,6-9,16-17H,1,4-5,10-15,18H2,(H,30,31,32,33). The maximum Gasteiger partial charge on any atom is 0.250 e. The highest BCUT2D eigenvalue weighted by atomic mass is 79.9. The Morgan fingerprint density at radius 2 is 1.70 bits per heavy atom. The molecule has 0 aliphatic carbocycles. The van der Waals surface area contributed by atoms with Gasteiger partial charge < -0.3 is 19.3 Å². The highest BCUT2D eigenvalue weighted by Gasteiger charge is 2.20. The van der Waals surface area contributed by atoms with E-state index in [1.165, 1.54) is 6.42 Å². The third-order valence-corrected chi connectivity index (χ3v) is 7.09. The van der Waals surface area contributed by atoms with Crippen LogP contribution in [0.4, 0.5) is 17.8 Å². The Morgan fingerprint density at radius 3 is 2.46 bits per heavy atom. The Morgan fingerprint density at radius 1 is 0.973 bits per heavy atom. The van der Waals surface area contributed by atoms with Gasteiger partial charge in [0.15, 0.2) is 0 Å². The number of nitrogens with zero attached hydrogens (tertiary/aromatic N) is 6. The first-order valence-corrected chi connectivity index (χ1v) is 13.6. The second kappa shape index (κ2) is 12.5. The van der Waals surface area contributed by atoms with Gasteiger partial charge in [0.2, 0.25) is 17.8 Å². The Bertz CT molecular complexity index is 1200. The fourth-order valence-electron chi connectivity index (χ4n) is 4.23. The number of nitrogens with one attached hydrogen (secondary N) is 1. The molecule has 2 aromatic carbocycles. The molecule has 1 N–H and O–H groups in total. The van der Waals surface area contributed by atoms with Crippen molar-refractivity contribution < 1.29 is 9.47 Å². The maximum absolute atomic E-state index is 6.29. The summed E-state index contributed by atoms with van der Waals surface area (Å²) in [5.41, 5.74) is 4.73. The molecule has 0 unspecified atom stereocenters. The Labute approximate surface area is 230 Å². The Balaban J connectivity index is 1.34. The van der Waals surface area contributed by atoms with Gasteiger partial charge in [-0.1, -0.05) is 45.7 Å². The lowest BCUT2D eigenvalue weighted by Gasteiger charge is -2.30. The maximum atomic E-state index is 6.29. The summed E-state index contributed by atoms with van der Waals surface area (Å²) in [6.45, 7) is 5.05. The van der Waals surface area contributed by atoms with Gasteiger partial charge in [-0.05, 0) is 43.5 Å². The lowest BCUT2D eigenvalue weighted by molar-refractivity contribution is 0.122. The predicted octanol–water partition coefficient (Wildman–Crippen LogP) is 5.14. The van der Waals surface area contributed by atoms with Crippen LogP contribution in [0.1, 0.15) is 30.4 Å². The van der Waals surface area contributed by atoms with Crippen LogP contribution in [0.25, 0.3) is 0 Å². The van der Waals surface area contributed by atoms with Crippen LogP contribution >= 0.6 is 27.5 Å². The van der Waals surface area contributed by atoms with Crippen molar-refractivity contribution in [2.45, 2.75) is 25.9 Å². The molecule has 2 saturated heterocycles. The number of morpholine rings is 1. The molecule has 2 aliphatic rings. The number of ether oxygens (including phenoxy) is 2. The van der Waals surface area contributed by atoms with E-state index in [2.05, 4.69) is 46.2 Å². The summed E-state index contributed by atoms with van der Waals surface area (Å²) in [5, 5.41) is 5.12. The van der Waals surface area contributed by atoms with Crippen LogP contribution in [0.3, 0.4) is 0 Å². The number of hydrogen-bond acceptors (Lipinski definition) is 9. The van der Waals surface area contributed by atoms with Crippen LogP contribution in [0, 0.1) is 0 Å². The second-order valence-electron chi connectivity index (χ2n) is 8.84. The van der Waals surface area contributed by atoms with Crippen LogP contribution in [0.15, 0.2) is 52.0 Å². The molecule has 11 heteroatoms. The van der Waals surface area contributed by atoms with E-state index in [1.807, 2.05) is 42.5 Å². The van der Waals surface area contributed by atoms with Gasteiger partial charge in [0, 0.05) is 46.8 Å². The average molecular weight is 587 g/mol. The fourth-order valence-corrected chi connectivity index (χ4v) is 4.80. The van der Waals surface area contributed by atoms with Gasteiger partial charge in [-0.2, -0.15) is 20.1 Å². The number of anilines is 3. The van der Waals surface area contributed by atoms with Crippen LogP contribution in [0.2, 0.25) is 5.02 Å². The first-order chi connectivity index (χ1) is 18.2. The third kappa shape index (κ3) is 6.88. The number of rotatable bonds is 8. The molecular weight excluding hydrogens is 558 g/mol. The largest absolute Gasteiger partial charge is 0.488 e. The van der Waals surface area contributed by atoms with Gasteiger partial charge in [-0.3, -0.25) is 0 Å². The molecule has 0 bridgehead atoms. The molecule has 0 atom stereocenters. The first-order valence-electron chi connectivity index (χ1n) is 12.4. The number of benzene rings is 2. The highest BCUT2D eigenvalue weighted by Crippen LogP contribution is 2.25. The normalized spacial score (nSPS) is 16.3. The summed E-state index contributed by atoms with van der Waals surface area (Å²) in [6, 6.07) is 13.4. The van der Waals surface area contributed by atoms with E-state index in [9.17, 15) is 0 Å². The lowest BCUT2D eigenvalue weighted by atomic mass is 10.1. The van der Waals surface area contributed by atoms with Crippen molar-refractivity contribution in [3.63, 3.8) is 0 Å². The molecule has 0 spiro atoms. The van der Waals surface area contributed by atoms with Crippen molar-refractivity contribution >= 4 is 51.6 Å². The molecular formula is C26H29BrClN7O2. The smallest absolute Gasteiger partial charge is 0.250 e. The quantitative estimate of drug-likeness (QED) is 0.287. The van der Waals surface area contributed by atoms with Crippen molar-refractivity contribution in [3.8, 4) is 5.75 Å². The zero-order valence-electron chi connectivity index (χ0n) is 20.4. The van der Waals surface area contributed by atoms with Crippen molar-refractivity contribution in [1.29, 1.82) is 0 Å². The summed E-state index contributed by atoms with van der Waals surface area (Å²) >= 11 is 9.82. The summed E-state index contributed by atoms with van der Waals surface area (Å²) in [5.74, 6) is 2.41. The minimum absolute atomic E-state index is 0.352. The molecule has 2 fully saturated rings. The zero-order chi connectivity index (χ0) is 25.5. The fraction of sp³-hybridized carbons (Fsp3) is 0.385. The van der Waals surface area contributed by atoms with Crippen molar-refractivity contribution in [3.05, 3.63) is 63.1 Å². The summed E-state index contributed by atoms with van der Waals surface area (Å²) in [4.78, 5) is 18.5. The van der Waals surface area contributed by atoms with Crippen LogP contribution in [0.5, 0.6) is 5.75 Å². The van der Waals surface area contributed by atoms with Crippen molar-refractivity contribution in [2.75, 3.05) is 54.6 Å². The average Bonchev–Trinajstić information content (AvgIpc) is 2.94. The van der Waals surface area contributed by atoms with Crippen molar-refractivity contribution in [2.24, 2.45) is 5.10 Å². The summed E-state index contributed by atoms with van der Waals surface area (Å²) in [6.07, 6.45) is 5.21. The lowest BCUT2D eigenvalue weighted by Crippen LogP contribution is -2.38. The molecule has 9 nitrogen and oxygen atoms in total. The van der Waals surface area contributed by atoms with E-state index in [0.717, 1.165) is 54.6 Å². The first kappa shape index (κ1) is 25.7. The van der Waals surface area contributed by atoms with Gasteiger partial charge in [0.05, 0.1) is 19.4 Å². The number of aromatic nitrogens is 3. The molecule has 0 saturated carbocycles. The zero-order valence-corrected chi connectivity index (χ0v) is 22.8. The number of halogens is 2. The number of piperidine rings is 1. The Hall–Kier alpha value is -2.95. The monoisotopic (exact) mass is 585 g/mol. The van der Waals surface area contributed by atoms with E-state index in [-0.39, 0.29) is 0 Å². The minimum Gasteiger partial charge on any atom is -0.488 e. The molecule has 1 aromatic heterocycles. The topological polar surface area (TPSA) is 88.0 Å². The van der Waals surface area contributed by atoms with E-state index in [1.54, 1.807) is 6.21 Å². The van der Waals surface area contributed by atoms with Gasteiger partial charge in [0.1, 0.15) is 12.4 Å². The molecule has 37 heavy (non-hydrogen) atoms. The van der Waals surface area contributed by atoms with E-state index >= 15 is 0 Å². The second-order valence-corrected chi connectivity index (χ2v) is 10.2. The van der Waals surface area contributed by atoms with E-state index in [4.69, 9.17) is 26.1 Å². The molecule has 194 valence electrons. The molecule has 3 heterocycles. The Kier molecular flexibility index (Phi) is 8.70. The van der Waals surface area contributed by atoms with Crippen LogP contribution in [-0.2, 0) is 11.3 Å². The highest BCUT2D eigenvalue weighted by molar-refractivity contribution is 9.10. The van der Waals surface area contributed by atoms with Gasteiger partial charge in [-0.25, -0.2) is 5.43 Å². The van der Waals surface area contributed by atoms with Gasteiger partial charge in [0.25, 0.3) is 0 Å².